The van der Waals surface area contributed by atoms with E-state index in [1.807, 2.05) is 13.8 Å². The second-order valence-electron chi connectivity index (χ2n) is 4.19. The Kier molecular flexibility index (Phi) is 2.60. The summed E-state index contributed by atoms with van der Waals surface area (Å²) in [5.41, 5.74) is -0.0666. The quantitative estimate of drug-likeness (QED) is 0.609. The van der Waals surface area contributed by atoms with Crippen LogP contribution in [0.5, 0.6) is 0 Å². The van der Waals surface area contributed by atoms with Crippen molar-refractivity contribution in [2.24, 2.45) is 17.3 Å². The third-order valence-electron chi connectivity index (χ3n) is 3.29. The van der Waals surface area contributed by atoms with Gasteiger partial charge in [0.1, 0.15) is 0 Å². The van der Waals surface area contributed by atoms with Crippen molar-refractivity contribution in [3.63, 3.8) is 0 Å². The van der Waals surface area contributed by atoms with Crippen LogP contribution < -0.4 is 0 Å². The van der Waals surface area contributed by atoms with Gasteiger partial charge in [0.15, 0.2) is 0 Å². The zero-order valence-corrected chi connectivity index (χ0v) is 8.33. The van der Waals surface area contributed by atoms with E-state index in [2.05, 4.69) is 6.07 Å². The molecule has 1 rings (SSSR count). The third kappa shape index (κ3) is 1.53. The summed E-state index contributed by atoms with van der Waals surface area (Å²) in [6.45, 7) is 4.06. The van der Waals surface area contributed by atoms with E-state index in [4.69, 9.17) is 10.00 Å². The molecule has 0 saturated heterocycles. The number of carbonyl (C=O) groups excluding carboxylic acids is 1. The molecule has 13 heavy (non-hydrogen) atoms. The standard InChI is InChI=1S/C10H15NO2/c1-10(2)7(4-5-11)6-8(10)9(12)13-3/h7-8H,4,6H2,1-3H3/t7-,8-/m0/s1. The summed E-state index contributed by atoms with van der Waals surface area (Å²) >= 11 is 0. The first-order chi connectivity index (χ1) is 6.04. The highest BCUT2D eigenvalue weighted by atomic mass is 16.5. The molecular weight excluding hydrogens is 166 g/mol. The molecule has 72 valence electrons. The fourth-order valence-corrected chi connectivity index (χ4v) is 2.01. The molecule has 0 aromatic carbocycles. The van der Waals surface area contributed by atoms with Gasteiger partial charge < -0.3 is 4.74 Å². The lowest BCUT2D eigenvalue weighted by molar-refractivity contribution is -0.162. The van der Waals surface area contributed by atoms with Crippen molar-refractivity contribution < 1.29 is 9.53 Å². The molecule has 1 aliphatic rings. The zero-order valence-electron chi connectivity index (χ0n) is 8.33. The van der Waals surface area contributed by atoms with Gasteiger partial charge in [-0.3, -0.25) is 4.79 Å². The summed E-state index contributed by atoms with van der Waals surface area (Å²) in [6.07, 6.45) is 1.34. The number of nitriles is 1. The Bertz CT molecular complexity index is 252. The molecule has 0 bridgehead atoms. The van der Waals surface area contributed by atoms with Crippen LogP contribution in [0.3, 0.4) is 0 Å². The Morgan fingerprint density at radius 1 is 1.69 bits per heavy atom. The van der Waals surface area contributed by atoms with Gasteiger partial charge in [-0.15, -0.1) is 0 Å². The average molecular weight is 181 g/mol. The van der Waals surface area contributed by atoms with Crippen molar-refractivity contribution in [3.05, 3.63) is 0 Å². The van der Waals surface area contributed by atoms with E-state index in [0.29, 0.717) is 12.3 Å². The molecule has 1 aliphatic carbocycles. The van der Waals surface area contributed by atoms with E-state index < -0.39 is 0 Å². The van der Waals surface area contributed by atoms with Gasteiger partial charge in [-0.05, 0) is 17.8 Å². The summed E-state index contributed by atoms with van der Waals surface area (Å²) in [5, 5.41) is 8.55. The van der Waals surface area contributed by atoms with Gasteiger partial charge in [0.2, 0.25) is 0 Å². The van der Waals surface area contributed by atoms with Gasteiger partial charge in [0, 0.05) is 6.42 Å². The lowest BCUT2D eigenvalue weighted by atomic mass is 9.54. The fraction of sp³-hybridized carbons (Fsp3) is 0.800. The first-order valence-corrected chi connectivity index (χ1v) is 4.48. The Morgan fingerprint density at radius 3 is 2.69 bits per heavy atom. The first-order valence-electron chi connectivity index (χ1n) is 4.48. The summed E-state index contributed by atoms with van der Waals surface area (Å²) in [6, 6.07) is 2.15. The smallest absolute Gasteiger partial charge is 0.309 e. The monoisotopic (exact) mass is 181 g/mol. The summed E-state index contributed by atoms with van der Waals surface area (Å²) in [7, 11) is 1.41. The van der Waals surface area contributed by atoms with Crippen LogP contribution in [0.4, 0.5) is 0 Å². The normalized spacial score (nSPS) is 30.0. The van der Waals surface area contributed by atoms with Crippen LogP contribution in [0.25, 0.3) is 0 Å². The van der Waals surface area contributed by atoms with E-state index in [1.54, 1.807) is 0 Å². The number of nitrogens with zero attached hydrogens (tertiary/aromatic N) is 1. The molecule has 0 aromatic heterocycles. The number of hydrogen-bond donors (Lipinski definition) is 0. The Labute approximate surface area is 78.7 Å². The highest BCUT2D eigenvalue weighted by molar-refractivity contribution is 5.74. The SMILES string of the molecule is COC(=O)[C@@H]1C[C@H](CC#N)C1(C)C. The second kappa shape index (κ2) is 3.37. The van der Waals surface area contributed by atoms with Crippen molar-refractivity contribution in [1.29, 1.82) is 5.26 Å². The van der Waals surface area contributed by atoms with E-state index in [1.165, 1.54) is 7.11 Å². The minimum absolute atomic E-state index is 0.0177. The Balaban J connectivity index is 2.59. The maximum absolute atomic E-state index is 11.3. The molecule has 3 nitrogen and oxygen atoms in total. The number of hydrogen-bond acceptors (Lipinski definition) is 3. The highest BCUT2D eigenvalue weighted by Crippen LogP contribution is 2.53. The lowest BCUT2D eigenvalue weighted by Gasteiger charge is -2.49. The number of carbonyl (C=O) groups is 1. The van der Waals surface area contributed by atoms with Crippen molar-refractivity contribution in [1.82, 2.24) is 0 Å². The highest BCUT2D eigenvalue weighted by Gasteiger charge is 2.51. The van der Waals surface area contributed by atoms with Crippen LogP contribution in [0.15, 0.2) is 0 Å². The summed E-state index contributed by atoms with van der Waals surface area (Å²) in [5.74, 6) is 0.191. The molecule has 1 fully saturated rings. The average Bonchev–Trinajstić information content (AvgIpc) is 2.10. The molecule has 2 atom stereocenters. The molecular formula is C10H15NO2. The van der Waals surface area contributed by atoms with Crippen LogP contribution in [0.2, 0.25) is 0 Å². The number of esters is 1. The minimum Gasteiger partial charge on any atom is -0.469 e. The molecule has 0 heterocycles. The summed E-state index contributed by atoms with van der Waals surface area (Å²) < 4.78 is 4.69. The second-order valence-corrected chi connectivity index (χ2v) is 4.19. The minimum atomic E-state index is -0.140. The number of rotatable bonds is 2. The summed E-state index contributed by atoms with van der Waals surface area (Å²) in [4.78, 5) is 11.3. The van der Waals surface area contributed by atoms with Crippen molar-refractivity contribution in [3.8, 4) is 6.07 Å². The fourth-order valence-electron chi connectivity index (χ4n) is 2.01. The molecule has 0 amide bonds. The number of ether oxygens (including phenoxy) is 1. The van der Waals surface area contributed by atoms with E-state index >= 15 is 0 Å². The lowest BCUT2D eigenvalue weighted by Crippen LogP contribution is -2.49. The first kappa shape index (κ1) is 10.0. The molecule has 1 saturated carbocycles. The van der Waals surface area contributed by atoms with Crippen molar-refractivity contribution >= 4 is 5.97 Å². The predicted octanol–water partition coefficient (Wildman–Crippen LogP) is 1.74. The van der Waals surface area contributed by atoms with Gasteiger partial charge in [-0.2, -0.15) is 5.26 Å². The van der Waals surface area contributed by atoms with Crippen molar-refractivity contribution in [2.75, 3.05) is 7.11 Å². The maximum Gasteiger partial charge on any atom is 0.309 e. The molecule has 0 aromatic rings. The third-order valence-corrected chi connectivity index (χ3v) is 3.29. The molecule has 0 aliphatic heterocycles. The maximum atomic E-state index is 11.3. The van der Waals surface area contributed by atoms with E-state index in [9.17, 15) is 4.79 Å². The molecule has 0 N–H and O–H groups in total. The molecule has 3 heteroatoms. The van der Waals surface area contributed by atoms with Crippen LogP contribution in [-0.2, 0) is 9.53 Å². The van der Waals surface area contributed by atoms with Crippen LogP contribution >= 0.6 is 0 Å². The topological polar surface area (TPSA) is 50.1 Å². The van der Waals surface area contributed by atoms with Gasteiger partial charge in [-0.25, -0.2) is 0 Å². The Morgan fingerprint density at radius 2 is 2.31 bits per heavy atom. The zero-order chi connectivity index (χ0) is 10.1. The largest absolute Gasteiger partial charge is 0.469 e. The van der Waals surface area contributed by atoms with Gasteiger partial charge in [0.25, 0.3) is 0 Å². The van der Waals surface area contributed by atoms with Gasteiger partial charge in [0.05, 0.1) is 19.1 Å². The van der Waals surface area contributed by atoms with E-state index in [0.717, 1.165) is 6.42 Å². The van der Waals surface area contributed by atoms with E-state index in [-0.39, 0.29) is 17.3 Å². The van der Waals surface area contributed by atoms with Crippen molar-refractivity contribution in [2.45, 2.75) is 26.7 Å². The van der Waals surface area contributed by atoms with Gasteiger partial charge >= 0.3 is 5.97 Å². The molecule has 0 unspecified atom stereocenters. The molecule has 0 radical (unpaired) electrons. The van der Waals surface area contributed by atoms with Gasteiger partial charge in [-0.1, -0.05) is 13.8 Å². The van der Waals surface area contributed by atoms with Crippen LogP contribution in [0, 0.1) is 28.6 Å². The molecule has 0 spiro atoms. The number of methoxy groups -OCH3 is 1. The van der Waals surface area contributed by atoms with Crippen LogP contribution in [-0.4, -0.2) is 13.1 Å². The van der Waals surface area contributed by atoms with Crippen LogP contribution in [0.1, 0.15) is 26.7 Å². The predicted molar refractivity (Wildman–Crippen MR) is 47.6 cm³/mol. The Hall–Kier alpha value is -1.04.